The van der Waals surface area contributed by atoms with E-state index in [1.807, 2.05) is 0 Å². The van der Waals surface area contributed by atoms with E-state index in [9.17, 15) is 0 Å². The van der Waals surface area contributed by atoms with Crippen molar-refractivity contribution in [1.82, 2.24) is 14.9 Å². The van der Waals surface area contributed by atoms with Gasteiger partial charge in [0.05, 0.1) is 25.1 Å². The molecule has 0 bridgehead atoms. The van der Waals surface area contributed by atoms with Crippen molar-refractivity contribution in [3.63, 3.8) is 0 Å². The van der Waals surface area contributed by atoms with Gasteiger partial charge in [-0.2, -0.15) is 0 Å². The van der Waals surface area contributed by atoms with Gasteiger partial charge in [-0.1, -0.05) is 56.0 Å². The maximum atomic E-state index is 5.50. The highest BCUT2D eigenvalue weighted by Crippen LogP contribution is 2.38. The number of nitrogens with one attached hydrogen (secondary N) is 1. The van der Waals surface area contributed by atoms with E-state index in [0.29, 0.717) is 6.04 Å². The molecule has 3 aromatic rings. The van der Waals surface area contributed by atoms with Crippen molar-refractivity contribution in [2.45, 2.75) is 51.1 Å². The van der Waals surface area contributed by atoms with E-state index < -0.39 is 0 Å². The van der Waals surface area contributed by atoms with E-state index in [1.54, 1.807) is 11.3 Å². The molecule has 6 heteroatoms. The third kappa shape index (κ3) is 4.51. The first kappa shape index (κ1) is 19.9. The van der Waals surface area contributed by atoms with Crippen LogP contribution in [0.4, 0.5) is 5.82 Å². The van der Waals surface area contributed by atoms with Gasteiger partial charge in [-0.15, -0.1) is 11.3 Å². The molecule has 2 aliphatic rings. The van der Waals surface area contributed by atoms with Crippen molar-refractivity contribution in [2.24, 2.45) is 0 Å². The Morgan fingerprint density at radius 1 is 1.00 bits per heavy atom. The van der Waals surface area contributed by atoms with Crippen molar-refractivity contribution < 1.29 is 4.74 Å². The third-order valence-electron chi connectivity index (χ3n) is 6.23. The summed E-state index contributed by atoms with van der Waals surface area (Å²) in [5.74, 6) is 1.94. The Balaban J connectivity index is 1.52. The summed E-state index contributed by atoms with van der Waals surface area (Å²) >= 11 is 1.73. The molecule has 0 radical (unpaired) electrons. The second kappa shape index (κ2) is 9.41. The van der Waals surface area contributed by atoms with Crippen molar-refractivity contribution >= 4 is 27.4 Å². The first-order valence-corrected chi connectivity index (χ1v) is 12.1. The summed E-state index contributed by atoms with van der Waals surface area (Å²) < 4.78 is 5.50. The average Bonchev–Trinajstić information content (AvgIpc) is 3.04. The van der Waals surface area contributed by atoms with Gasteiger partial charge >= 0.3 is 0 Å². The molecule has 0 spiro atoms. The quantitative estimate of drug-likeness (QED) is 0.564. The summed E-state index contributed by atoms with van der Waals surface area (Å²) in [5, 5.41) is 7.27. The van der Waals surface area contributed by atoms with Crippen LogP contribution in [0.15, 0.2) is 35.7 Å². The zero-order valence-electron chi connectivity index (χ0n) is 17.5. The molecule has 1 saturated heterocycles. The van der Waals surface area contributed by atoms with Gasteiger partial charge in [0, 0.05) is 30.1 Å². The normalized spacial score (nSPS) is 19.1. The lowest BCUT2D eigenvalue weighted by atomic mass is 10.1. The fourth-order valence-electron chi connectivity index (χ4n) is 4.57. The Morgan fingerprint density at radius 3 is 2.53 bits per heavy atom. The number of nitrogens with zero attached hydrogens (tertiary/aromatic N) is 3. The van der Waals surface area contributed by atoms with Gasteiger partial charge in [0.15, 0.2) is 0 Å². The summed E-state index contributed by atoms with van der Waals surface area (Å²) in [6.45, 7) is 4.29. The number of thiophene rings is 1. The molecule has 1 saturated carbocycles. The second-order valence-corrected chi connectivity index (χ2v) is 9.26. The summed E-state index contributed by atoms with van der Waals surface area (Å²) in [5.41, 5.74) is 2.47. The molecule has 2 fully saturated rings. The number of hydrogen-bond acceptors (Lipinski definition) is 6. The van der Waals surface area contributed by atoms with Gasteiger partial charge in [0.1, 0.15) is 16.5 Å². The number of rotatable bonds is 5. The number of morpholine rings is 1. The second-order valence-electron chi connectivity index (χ2n) is 8.41. The highest BCUT2D eigenvalue weighted by Gasteiger charge is 2.20. The first-order chi connectivity index (χ1) is 14.9. The van der Waals surface area contributed by atoms with Gasteiger partial charge < -0.3 is 10.1 Å². The molecule has 2 aromatic heterocycles. The maximum Gasteiger partial charge on any atom is 0.146 e. The average molecular weight is 423 g/mol. The lowest BCUT2D eigenvalue weighted by molar-refractivity contribution is 0.0331. The fourth-order valence-corrected chi connectivity index (χ4v) is 5.53. The van der Waals surface area contributed by atoms with Crippen LogP contribution in [0.25, 0.3) is 21.3 Å². The number of fused-ring (bicyclic) bond motifs is 1. The highest BCUT2D eigenvalue weighted by molar-refractivity contribution is 7.17. The molecule has 1 aliphatic carbocycles. The number of hydrogen-bond donors (Lipinski definition) is 1. The zero-order chi connectivity index (χ0) is 20.2. The van der Waals surface area contributed by atoms with Gasteiger partial charge in [-0.3, -0.25) is 4.90 Å². The van der Waals surface area contributed by atoms with Crippen LogP contribution in [0, 0.1) is 0 Å². The summed E-state index contributed by atoms with van der Waals surface area (Å²) in [4.78, 5) is 13.5. The van der Waals surface area contributed by atoms with Crippen LogP contribution in [0.5, 0.6) is 0 Å². The Labute approximate surface area is 182 Å². The van der Waals surface area contributed by atoms with Crippen LogP contribution >= 0.6 is 11.3 Å². The standard InChI is InChI=1S/C24H30N4OS/c1-2-7-11-19(10-6-1)25-23-22-20(18-8-4-3-5-9-18)17-30-24(22)27-21(26-23)16-28-12-14-29-15-13-28/h3-5,8-9,17,19H,1-2,6-7,10-16H2,(H,25,26,27). The highest BCUT2D eigenvalue weighted by atomic mass is 32.1. The summed E-state index contributed by atoms with van der Waals surface area (Å²) in [6.07, 6.45) is 7.79. The van der Waals surface area contributed by atoms with Crippen LogP contribution < -0.4 is 5.32 Å². The van der Waals surface area contributed by atoms with E-state index in [0.717, 1.165) is 49.3 Å². The summed E-state index contributed by atoms with van der Waals surface area (Å²) in [7, 11) is 0. The van der Waals surface area contributed by atoms with Gasteiger partial charge in [-0.05, 0) is 18.4 Å². The number of anilines is 1. The Morgan fingerprint density at radius 2 is 1.77 bits per heavy atom. The molecule has 1 N–H and O–H groups in total. The topological polar surface area (TPSA) is 50.3 Å². The molecule has 5 rings (SSSR count). The van der Waals surface area contributed by atoms with E-state index in [-0.39, 0.29) is 0 Å². The van der Waals surface area contributed by atoms with Crippen molar-refractivity contribution in [3.05, 3.63) is 41.5 Å². The molecule has 0 amide bonds. The fraction of sp³-hybridized carbons (Fsp3) is 0.500. The monoisotopic (exact) mass is 422 g/mol. The number of ether oxygens (including phenoxy) is 1. The minimum absolute atomic E-state index is 0.505. The lowest BCUT2D eigenvalue weighted by Gasteiger charge is -2.26. The molecule has 0 unspecified atom stereocenters. The predicted molar refractivity (Wildman–Crippen MR) is 124 cm³/mol. The molecule has 1 aliphatic heterocycles. The molecule has 30 heavy (non-hydrogen) atoms. The smallest absolute Gasteiger partial charge is 0.146 e. The van der Waals surface area contributed by atoms with Crippen molar-refractivity contribution in [1.29, 1.82) is 0 Å². The minimum Gasteiger partial charge on any atom is -0.379 e. The largest absolute Gasteiger partial charge is 0.379 e. The lowest BCUT2D eigenvalue weighted by Crippen LogP contribution is -2.36. The summed E-state index contributed by atoms with van der Waals surface area (Å²) in [6, 6.07) is 11.1. The molecule has 0 atom stereocenters. The Hall–Kier alpha value is -2.02. The van der Waals surface area contributed by atoms with Crippen LogP contribution in [0.1, 0.15) is 44.3 Å². The van der Waals surface area contributed by atoms with E-state index in [2.05, 4.69) is 45.9 Å². The molecule has 3 heterocycles. The minimum atomic E-state index is 0.505. The van der Waals surface area contributed by atoms with E-state index in [4.69, 9.17) is 14.7 Å². The molecular formula is C24H30N4OS. The van der Waals surface area contributed by atoms with Gasteiger partial charge in [0.25, 0.3) is 0 Å². The number of aromatic nitrogens is 2. The van der Waals surface area contributed by atoms with Gasteiger partial charge in [0.2, 0.25) is 0 Å². The SMILES string of the molecule is c1ccc(-c2csc3nc(CN4CCOCC4)nc(NC4CCCCCC4)c23)cc1. The Bertz CT molecular complexity index is 960. The van der Waals surface area contributed by atoms with Crippen molar-refractivity contribution in [2.75, 3.05) is 31.6 Å². The molecule has 5 nitrogen and oxygen atoms in total. The number of benzene rings is 1. The first-order valence-electron chi connectivity index (χ1n) is 11.3. The third-order valence-corrected chi connectivity index (χ3v) is 7.10. The van der Waals surface area contributed by atoms with Crippen LogP contribution in [-0.2, 0) is 11.3 Å². The van der Waals surface area contributed by atoms with Crippen molar-refractivity contribution in [3.8, 4) is 11.1 Å². The van der Waals surface area contributed by atoms with Crippen LogP contribution in [0.2, 0.25) is 0 Å². The van der Waals surface area contributed by atoms with E-state index >= 15 is 0 Å². The van der Waals surface area contributed by atoms with E-state index in [1.165, 1.54) is 55.0 Å². The van der Waals surface area contributed by atoms with Gasteiger partial charge in [-0.25, -0.2) is 9.97 Å². The zero-order valence-corrected chi connectivity index (χ0v) is 18.3. The molecule has 1 aromatic carbocycles. The van der Waals surface area contributed by atoms with Crippen LogP contribution in [0.3, 0.4) is 0 Å². The molecule has 158 valence electrons. The predicted octanol–water partition coefficient (Wildman–Crippen LogP) is 5.33. The molecular weight excluding hydrogens is 392 g/mol. The Kier molecular flexibility index (Phi) is 6.25. The van der Waals surface area contributed by atoms with Crippen LogP contribution in [-0.4, -0.2) is 47.2 Å². The maximum absolute atomic E-state index is 5.50.